The van der Waals surface area contributed by atoms with Crippen molar-refractivity contribution in [2.75, 3.05) is 26.3 Å². The molecule has 3 heteroatoms. The number of rotatable bonds is 2. The van der Waals surface area contributed by atoms with E-state index in [-0.39, 0.29) is 0 Å². The van der Waals surface area contributed by atoms with E-state index >= 15 is 0 Å². The topological polar surface area (TPSA) is 33.3 Å². The summed E-state index contributed by atoms with van der Waals surface area (Å²) < 4.78 is 5.39. The van der Waals surface area contributed by atoms with Crippen LogP contribution >= 0.6 is 0 Å². The van der Waals surface area contributed by atoms with Gasteiger partial charge in [0.25, 0.3) is 0 Å². The van der Waals surface area contributed by atoms with Gasteiger partial charge in [-0.25, -0.2) is 0 Å². The lowest BCUT2D eigenvalue weighted by Crippen LogP contribution is -2.50. The average Bonchev–Trinajstić information content (AvgIpc) is 2.45. The molecule has 0 amide bonds. The molecular formula is C12H24N2O. The Labute approximate surface area is 93.0 Å². The Hall–Kier alpha value is -0.120. The minimum Gasteiger partial charge on any atom is -0.381 e. The fraction of sp³-hybridized carbons (Fsp3) is 1.00. The van der Waals surface area contributed by atoms with E-state index in [2.05, 4.69) is 17.6 Å². The van der Waals surface area contributed by atoms with E-state index in [1.165, 1.54) is 38.6 Å². The molecule has 0 radical (unpaired) electrons. The molecule has 0 aromatic rings. The van der Waals surface area contributed by atoms with Gasteiger partial charge in [-0.3, -0.25) is 0 Å². The molecule has 2 heterocycles. The summed E-state index contributed by atoms with van der Waals surface area (Å²) in [6.45, 7) is 6.60. The van der Waals surface area contributed by atoms with Crippen molar-refractivity contribution >= 4 is 0 Å². The van der Waals surface area contributed by atoms with Crippen LogP contribution < -0.4 is 10.6 Å². The van der Waals surface area contributed by atoms with Crippen LogP contribution in [0, 0.1) is 0 Å². The number of hydrogen-bond donors (Lipinski definition) is 2. The van der Waals surface area contributed by atoms with Crippen molar-refractivity contribution in [2.24, 2.45) is 0 Å². The summed E-state index contributed by atoms with van der Waals surface area (Å²) >= 11 is 0. The highest BCUT2D eigenvalue weighted by Crippen LogP contribution is 2.21. The highest BCUT2D eigenvalue weighted by Gasteiger charge is 2.28. The van der Waals surface area contributed by atoms with Gasteiger partial charge in [-0.15, -0.1) is 0 Å². The van der Waals surface area contributed by atoms with E-state index in [1.54, 1.807) is 0 Å². The van der Waals surface area contributed by atoms with Crippen LogP contribution in [0.3, 0.4) is 0 Å². The van der Waals surface area contributed by atoms with Crippen molar-refractivity contribution in [1.82, 2.24) is 10.6 Å². The summed E-state index contributed by atoms with van der Waals surface area (Å²) in [5.74, 6) is 0. The molecule has 0 aliphatic carbocycles. The molecule has 0 aromatic carbocycles. The standard InChI is InChI=1S/C12H24N2O/c1-12(5-2-7-13-8-6-12)14-11-3-9-15-10-4-11/h11,13-14H,2-10H2,1H3. The van der Waals surface area contributed by atoms with Crippen LogP contribution in [0.25, 0.3) is 0 Å². The van der Waals surface area contributed by atoms with E-state index in [9.17, 15) is 0 Å². The molecule has 2 aliphatic heterocycles. The van der Waals surface area contributed by atoms with Gasteiger partial charge in [0.15, 0.2) is 0 Å². The lowest BCUT2D eigenvalue weighted by atomic mass is 9.90. The second-order valence-corrected chi connectivity index (χ2v) is 5.20. The quantitative estimate of drug-likeness (QED) is 0.723. The van der Waals surface area contributed by atoms with E-state index in [0.29, 0.717) is 11.6 Å². The monoisotopic (exact) mass is 212 g/mol. The Morgan fingerprint density at radius 1 is 1.20 bits per heavy atom. The molecule has 0 spiro atoms. The predicted molar refractivity (Wildman–Crippen MR) is 62.1 cm³/mol. The zero-order valence-electron chi connectivity index (χ0n) is 9.85. The zero-order chi connectivity index (χ0) is 10.6. The van der Waals surface area contributed by atoms with Gasteiger partial charge < -0.3 is 15.4 Å². The summed E-state index contributed by atoms with van der Waals surface area (Å²) in [7, 11) is 0. The van der Waals surface area contributed by atoms with Crippen LogP contribution in [0.2, 0.25) is 0 Å². The Kier molecular flexibility index (Phi) is 4.00. The van der Waals surface area contributed by atoms with Crippen molar-refractivity contribution < 1.29 is 4.74 Å². The van der Waals surface area contributed by atoms with Gasteiger partial charge in [-0.05, 0) is 52.1 Å². The largest absolute Gasteiger partial charge is 0.381 e. The maximum Gasteiger partial charge on any atom is 0.0480 e. The van der Waals surface area contributed by atoms with E-state index in [0.717, 1.165) is 19.8 Å². The molecular weight excluding hydrogens is 188 g/mol. The molecule has 0 aromatic heterocycles. The van der Waals surface area contributed by atoms with Crippen molar-refractivity contribution in [1.29, 1.82) is 0 Å². The summed E-state index contributed by atoms with van der Waals surface area (Å²) in [5.41, 5.74) is 0.353. The smallest absolute Gasteiger partial charge is 0.0480 e. The zero-order valence-corrected chi connectivity index (χ0v) is 9.85. The summed E-state index contributed by atoms with van der Waals surface area (Å²) in [6, 6.07) is 0.682. The molecule has 0 saturated carbocycles. The average molecular weight is 212 g/mol. The van der Waals surface area contributed by atoms with Crippen LogP contribution in [0.4, 0.5) is 0 Å². The second-order valence-electron chi connectivity index (χ2n) is 5.20. The van der Waals surface area contributed by atoms with Crippen molar-refractivity contribution in [3.05, 3.63) is 0 Å². The van der Waals surface area contributed by atoms with Crippen molar-refractivity contribution in [2.45, 2.75) is 50.6 Å². The van der Waals surface area contributed by atoms with Crippen molar-refractivity contribution in [3.63, 3.8) is 0 Å². The molecule has 2 fully saturated rings. The Bertz CT molecular complexity index is 182. The van der Waals surface area contributed by atoms with Gasteiger partial charge in [0.2, 0.25) is 0 Å². The first-order chi connectivity index (χ1) is 7.29. The maximum atomic E-state index is 5.39. The molecule has 15 heavy (non-hydrogen) atoms. The Morgan fingerprint density at radius 3 is 2.80 bits per heavy atom. The molecule has 2 N–H and O–H groups in total. The first kappa shape index (κ1) is 11.4. The SMILES string of the molecule is CC1(NC2CCOCC2)CCCNCC1. The van der Waals surface area contributed by atoms with Gasteiger partial charge >= 0.3 is 0 Å². The van der Waals surface area contributed by atoms with E-state index < -0.39 is 0 Å². The molecule has 2 aliphatic rings. The number of ether oxygens (including phenoxy) is 1. The molecule has 2 saturated heterocycles. The Morgan fingerprint density at radius 2 is 2.00 bits per heavy atom. The molecule has 2 rings (SSSR count). The minimum atomic E-state index is 0.353. The predicted octanol–water partition coefficient (Wildman–Crippen LogP) is 1.29. The summed E-state index contributed by atoms with van der Waals surface area (Å²) in [5, 5.41) is 7.33. The molecule has 3 nitrogen and oxygen atoms in total. The van der Waals surface area contributed by atoms with Crippen LogP contribution in [-0.4, -0.2) is 37.9 Å². The summed E-state index contributed by atoms with van der Waals surface area (Å²) in [6.07, 6.45) is 6.22. The third kappa shape index (κ3) is 3.44. The maximum absolute atomic E-state index is 5.39. The van der Waals surface area contributed by atoms with Gasteiger partial charge in [-0.2, -0.15) is 0 Å². The summed E-state index contributed by atoms with van der Waals surface area (Å²) in [4.78, 5) is 0. The molecule has 88 valence electrons. The van der Waals surface area contributed by atoms with E-state index in [4.69, 9.17) is 4.74 Å². The number of nitrogens with one attached hydrogen (secondary N) is 2. The lowest BCUT2D eigenvalue weighted by molar-refractivity contribution is 0.0676. The normalized spacial score (nSPS) is 35.0. The van der Waals surface area contributed by atoms with Crippen LogP contribution in [0.15, 0.2) is 0 Å². The van der Waals surface area contributed by atoms with Gasteiger partial charge in [-0.1, -0.05) is 0 Å². The first-order valence-corrected chi connectivity index (χ1v) is 6.35. The second kappa shape index (κ2) is 5.28. The van der Waals surface area contributed by atoms with Crippen LogP contribution in [-0.2, 0) is 4.74 Å². The highest BCUT2D eigenvalue weighted by atomic mass is 16.5. The fourth-order valence-corrected chi connectivity index (χ4v) is 2.70. The van der Waals surface area contributed by atoms with Gasteiger partial charge in [0, 0.05) is 24.8 Å². The molecule has 1 atom stereocenters. The van der Waals surface area contributed by atoms with Gasteiger partial charge in [0.05, 0.1) is 0 Å². The van der Waals surface area contributed by atoms with Crippen LogP contribution in [0.1, 0.15) is 39.0 Å². The van der Waals surface area contributed by atoms with Gasteiger partial charge in [0.1, 0.15) is 0 Å². The first-order valence-electron chi connectivity index (χ1n) is 6.35. The minimum absolute atomic E-state index is 0.353. The molecule has 0 bridgehead atoms. The third-order valence-electron chi connectivity index (χ3n) is 3.71. The third-order valence-corrected chi connectivity index (χ3v) is 3.71. The highest BCUT2D eigenvalue weighted by molar-refractivity contribution is 4.89. The number of hydrogen-bond acceptors (Lipinski definition) is 3. The van der Waals surface area contributed by atoms with Crippen LogP contribution in [0.5, 0.6) is 0 Å². The Balaban J connectivity index is 1.83. The van der Waals surface area contributed by atoms with Crippen molar-refractivity contribution in [3.8, 4) is 0 Å². The fourth-order valence-electron chi connectivity index (χ4n) is 2.70. The molecule has 1 unspecified atom stereocenters. The van der Waals surface area contributed by atoms with E-state index in [1.807, 2.05) is 0 Å². The lowest BCUT2D eigenvalue weighted by Gasteiger charge is -2.36.